The van der Waals surface area contributed by atoms with Gasteiger partial charge in [-0.3, -0.25) is 4.90 Å². The van der Waals surface area contributed by atoms with Gasteiger partial charge in [-0.25, -0.2) is 0 Å². The zero-order valence-electron chi connectivity index (χ0n) is 13.0. The number of benzene rings is 2. The Morgan fingerprint density at radius 3 is 2.45 bits per heavy atom. The molecular formula is C19H23ClN2. The standard InChI is InChI=1S/C19H23ClN2/c1-21-11-17-13-22(12-15-5-3-2-4-6-15)14-19(17)16-7-9-18(20)10-8-16/h2-10,17,19,21H,11-14H2,1H3. The van der Waals surface area contributed by atoms with Crippen molar-refractivity contribution < 1.29 is 0 Å². The van der Waals surface area contributed by atoms with Crippen molar-refractivity contribution in [3.05, 3.63) is 70.7 Å². The molecule has 3 rings (SSSR count). The van der Waals surface area contributed by atoms with Gasteiger partial charge < -0.3 is 5.32 Å². The molecule has 0 saturated carbocycles. The highest BCUT2D eigenvalue weighted by Crippen LogP contribution is 2.33. The molecule has 1 heterocycles. The molecule has 0 spiro atoms. The van der Waals surface area contributed by atoms with E-state index in [1.807, 2.05) is 19.2 Å². The van der Waals surface area contributed by atoms with E-state index in [-0.39, 0.29) is 0 Å². The molecule has 2 aromatic carbocycles. The number of likely N-dealkylation sites (tertiary alicyclic amines) is 1. The summed E-state index contributed by atoms with van der Waals surface area (Å²) in [4.78, 5) is 2.57. The van der Waals surface area contributed by atoms with Gasteiger partial charge in [0.1, 0.15) is 0 Å². The molecule has 0 amide bonds. The lowest BCUT2D eigenvalue weighted by Gasteiger charge is -2.18. The molecule has 1 aliphatic rings. The number of rotatable bonds is 5. The van der Waals surface area contributed by atoms with Crippen LogP contribution in [0.2, 0.25) is 5.02 Å². The summed E-state index contributed by atoms with van der Waals surface area (Å²) in [5.74, 6) is 1.23. The number of halogens is 1. The second-order valence-electron chi connectivity index (χ2n) is 6.16. The summed E-state index contributed by atoms with van der Waals surface area (Å²) in [6.45, 7) is 4.34. The third-order valence-electron chi connectivity index (χ3n) is 4.53. The van der Waals surface area contributed by atoms with Gasteiger partial charge in [0.2, 0.25) is 0 Å². The van der Waals surface area contributed by atoms with E-state index < -0.39 is 0 Å². The zero-order valence-corrected chi connectivity index (χ0v) is 13.8. The minimum atomic E-state index is 0.577. The largest absolute Gasteiger partial charge is 0.319 e. The highest BCUT2D eigenvalue weighted by atomic mass is 35.5. The molecule has 0 aromatic heterocycles. The van der Waals surface area contributed by atoms with Crippen LogP contribution in [0.25, 0.3) is 0 Å². The lowest BCUT2D eigenvalue weighted by Crippen LogP contribution is -2.25. The van der Waals surface area contributed by atoms with Crippen molar-refractivity contribution in [1.29, 1.82) is 0 Å². The molecule has 2 nitrogen and oxygen atoms in total. The molecule has 116 valence electrons. The molecule has 1 N–H and O–H groups in total. The van der Waals surface area contributed by atoms with E-state index in [9.17, 15) is 0 Å². The summed E-state index contributed by atoms with van der Waals surface area (Å²) in [5, 5.41) is 4.17. The van der Waals surface area contributed by atoms with Crippen molar-refractivity contribution >= 4 is 11.6 Å². The van der Waals surface area contributed by atoms with Crippen LogP contribution in [-0.2, 0) is 6.54 Å². The summed E-state index contributed by atoms with van der Waals surface area (Å²) in [7, 11) is 2.04. The maximum Gasteiger partial charge on any atom is 0.0406 e. The second-order valence-corrected chi connectivity index (χ2v) is 6.59. The van der Waals surface area contributed by atoms with E-state index in [2.05, 4.69) is 52.7 Å². The molecule has 1 fully saturated rings. The van der Waals surface area contributed by atoms with Crippen molar-refractivity contribution in [1.82, 2.24) is 10.2 Å². The summed E-state index contributed by atoms with van der Waals surface area (Å²) in [6, 6.07) is 19.1. The molecule has 1 aliphatic heterocycles. The quantitative estimate of drug-likeness (QED) is 0.903. The predicted octanol–water partition coefficient (Wildman–Crippen LogP) is 3.78. The first kappa shape index (κ1) is 15.5. The van der Waals surface area contributed by atoms with Crippen molar-refractivity contribution in [3.8, 4) is 0 Å². The lowest BCUT2D eigenvalue weighted by molar-refractivity contribution is 0.315. The first-order valence-electron chi connectivity index (χ1n) is 7.92. The van der Waals surface area contributed by atoms with Crippen LogP contribution >= 0.6 is 11.6 Å². The van der Waals surface area contributed by atoms with E-state index >= 15 is 0 Å². The molecule has 2 unspecified atom stereocenters. The first-order valence-corrected chi connectivity index (χ1v) is 8.30. The van der Waals surface area contributed by atoms with Gasteiger partial charge in [0.15, 0.2) is 0 Å². The fourth-order valence-electron chi connectivity index (χ4n) is 3.49. The van der Waals surface area contributed by atoms with E-state index in [1.54, 1.807) is 0 Å². The van der Waals surface area contributed by atoms with Crippen LogP contribution in [0.4, 0.5) is 0 Å². The Bertz CT molecular complexity index is 582. The number of nitrogens with zero attached hydrogens (tertiary/aromatic N) is 1. The maximum absolute atomic E-state index is 6.03. The van der Waals surface area contributed by atoms with Crippen LogP contribution in [-0.4, -0.2) is 31.6 Å². The molecule has 0 aliphatic carbocycles. The van der Waals surface area contributed by atoms with E-state index in [0.717, 1.165) is 31.2 Å². The average Bonchev–Trinajstić information content (AvgIpc) is 2.92. The zero-order chi connectivity index (χ0) is 15.4. The van der Waals surface area contributed by atoms with Crippen LogP contribution in [0, 0.1) is 5.92 Å². The summed E-state index contributed by atoms with van der Waals surface area (Å²) < 4.78 is 0. The number of hydrogen-bond acceptors (Lipinski definition) is 2. The molecule has 1 saturated heterocycles. The Balaban J connectivity index is 1.73. The molecule has 2 aromatic rings. The van der Waals surface area contributed by atoms with Crippen molar-refractivity contribution in [2.75, 3.05) is 26.7 Å². The van der Waals surface area contributed by atoms with E-state index in [1.165, 1.54) is 11.1 Å². The van der Waals surface area contributed by atoms with Crippen LogP contribution in [0.15, 0.2) is 54.6 Å². The Kier molecular flexibility index (Phi) is 5.14. The Morgan fingerprint density at radius 1 is 1.05 bits per heavy atom. The fraction of sp³-hybridized carbons (Fsp3) is 0.368. The first-order chi connectivity index (χ1) is 10.8. The number of hydrogen-bond donors (Lipinski definition) is 1. The minimum Gasteiger partial charge on any atom is -0.319 e. The summed E-state index contributed by atoms with van der Waals surface area (Å²) in [5.41, 5.74) is 2.79. The Labute approximate surface area is 138 Å². The molecule has 2 atom stereocenters. The van der Waals surface area contributed by atoms with Crippen LogP contribution in [0.1, 0.15) is 17.0 Å². The molecule has 0 bridgehead atoms. The lowest BCUT2D eigenvalue weighted by atomic mass is 9.89. The average molecular weight is 315 g/mol. The van der Waals surface area contributed by atoms with Crippen molar-refractivity contribution in [2.45, 2.75) is 12.5 Å². The molecular weight excluding hydrogens is 292 g/mol. The fourth-order valence-corrected chi connectivity index (χ4v) is 3.61. The highest BCUT2D eigenvalue weighted by Gasteiger charge is 2.33. The van der Waals surface area contributed by atoms with Gasteiger partial charge >= 0.3 is 0 Å². The summed E-state index contributed by atoms with van der Waals surface area (Å²) >= 11 is 6.03. The monoisotopic (exact) mass is 314 g/mol. The number of nitrogens with one attached hydrogen (secondary N) is 1. The van der Waals surface area contributed by atoms with E-state index in [4.69, 9.17) is 11.6 Å². The SMILES string of the molecule is CNCC1CN(Cc2ccccc2)CC1c1ccc(Cl)cc1. The van der Waals surface area contributed by atoms with Gasteiger partial charge in [0, 0.05) is 30.6 Å². The smallest absolute Gasteiger partial charge is 0.0406 e. The van der Waals surface area contributed by atoms with E-state index in [0.29, 0.717) is 11.8 Å². The van der Waals surface area contributed by atoms with Gasteiger partial charge in [-0.05, 0) is 42.8 Å². The van der Waals surface area contributed by atoms with Gasteiger partial charge in [0.05, 0.1) is 0 Å². The summed E-state index contributed by atoms with van der Waals surface area (Å²) in [6.07, 6.45) is 0. The van der Waals surface area contributed by atoms with Crippen LogP contribution < -0.4 is 5.32 Å². The predicted molar refractivity (Wildman–Crippen MR) is 93.3 cm³/mol. The Hall–Kier alpha value is -1.35. The van der Waals surface area contributed by atoms with Gasteiger partial charge in [-0.1, -0.05) is 54.1 Å². The normalized spacial score (nSPS) is 22.1. The minimum absolute atomic E-state index is 0.577. The third kappa shape index (κ3) is 3.70. The second kappa shape index (κ2) is 7.28. The topological polar surface area (TPSA) is 15.3 Å². The molecule has 22 heavy (non-hydrogen) atoms. The maximum atomic E-state index is 6.03. The van der Waals surface area contributed by atoms with Crippen LogP contribution in [0.5, 0.6) is 0 Å². The molecule has 3 heteroatoms. The van der Waals surface area contributed by atoms with Crippen LogP contribution in [0.3, 0.4) is 0 Å². The van der Waals surface area contributed by atoms with Crippen molar-refractivity contribution in [3.63, 3.8) is 0 Å². The van der Waals surface area contributed by atoms with Gasteiger partial charge in [0.25, 0.3) is 0 Å². The Morgan fingerprint density at radius 2 is 1.77 bits per heavy atom. The third-order valence-corrected chi connectivity index (χ3v) is 4.78. The highest BCUT2D eigenvalue weighted by molar-refractivity contribution is 6.30. The molecule has 0 radical (unpaired) electrons. The van der Waals surface area contributed by atoms with Gasteiger partial charge in [-0.2, -0.15) is 0 Å². The van der Waals surface area contributed by atoms with Crippen molar-refractivity contribution in [2.24, 2.45) is 5.92 Å². The van der Waals surface area contributed by atoms with Gasteiger partial charge in [-0.15, -0.1) is 0 Å².